The SMILES string of the molecule is CCN(CC)c1ccc(C(c2ccc(C)cc2)c2ccc(NCCOC(=O)C(C)(C)CC)c3cccc(S(=O)(=O)NC)c23)cc1. The molecule has 0 aromatic heterocycles. The summed E-state index contributed by atoms with van der Waals surface area (Å²) in [6, 6.07) is 26.4. The Balaban J connectivity index is 1.86. The second kappa shape index (κ2) is 14.5. The number of sulfonamides is 1. The fraction of sp³-hybridized carbons (Fsp3) is 0.378. The van der Waals surface area contributed by atoms with Crippen LogP contribution >= 0.6 is 0 Å². The van der Waals surface area contributed by atoms with Crippen molar-refractivity contribution < 1.29 is 17.9 Å². The lowest BCUT2D eigenvalue weighted by atomic mass is 9.82. The second-order valence-electron chi connectivity index (χ2n) is 12.0. The van der Waals surface area contributed by atoms with Crippen LogP contribution in [-0.4, -0.2) is 47.7 Å². The van der Waals surface area contributed by atoms with E-state index in [0.717, 1.165) is 52.1 Å². The second-order valence-corrected chi connectivity index (χ2v) is 13.9. The molecule has 0 amide bonds. The molecule has 45 heavy (non-hydrogen) atoms. The van der Waals surface area contributed by atoms with E-state index < -0.39 is 15.4 Å². The third-order valence-electron chi connectivity index (χ3n) is 8.76. The van der Waals surface area contributed by atoms with Crippen molar-refractivity contribution in [2.45, 2.75) is 58.8 Å². The van der Waals surface area contributed by atoms with Crippen LogP contribution in [0.5, 0.6) is 0 Å². The predicted molar refractivity (Wildman–Crippen MR) is 186 cm³/mol. The third-order valence-corrected chi connectivity index (χ3v) is 10.2. The third kappa shape index (κ3) is 7.51. The molecule has 4 rings (SSSR count). The minimum Gasteiger partial charge on any atom is -0.463 e. The average Bonchev–Trinajstić information content (AvgIpc) is 3.05. The van der Waals surface area contributed by atoms with Gasteiger partial charge in [-0.25, -0.2) is 13.1 Å². The van der Waals surface area contributed by atoms with Gasteiger partial charge in [-0.1, -0.05) is 67.1 Å². The first-order valence-corrected chi connectivity index (χ1v) is 17.3. The van der Waals surface area contributed by atoms with Crippen molar-refractivity contribution in [3.05, 3.63) is 101 Å². The molecule has 2 N–H and O–H groups in total. The van der Waals surface area contributed by atoms with Crippen molar-refractivity contribution in [1.82, 2.24) is 4.72 Å². The van der Waals surface area contributed by atoms with Crippen molar-refractivity contribution in [2.24, 2.45) is 5.41 Å². The van der Waals surface area contributed by atoms with Gasteiger partial charge in [0.15, 0.2) is 0 Å². The van der Waals surface area contributed by atoms with E-state index in [4.69, 9.17) is 4.74 Å². The standard InChI is InChI=1S/C37H47N3O4S/c1-8-37(5,6)36(41)44-25-24-39-32-23-22-31(35-30(32)12-11-13-33(35)45(42,43)38-7)34(27-16-14-26(4)15-17-27)28-18-20-29(21-19-28)40(9-2)10-3/h11-23,34,38-39H,8-10,24-25H2,1-7H3. The van der Waals surface area contributed by atoms with Gasteiger partial charge in [-0.05, 0) is 89.0 Å². The van der Waals surface area contributed by atoms with Crippen molar-refractivity contribution in [2.75, 3.05) is 43.5 Å². The number of ether oxygens (including phenoxy) is 1. The highest BCUT2D eigenvalue weighted by Crippen LogP contribution is 2.41. The predicted octanol–water partition coefficient (Wildman–Crippen LogP) is 7.47. The van der Waals surface area contributed by atoms with E-state index in [1.54, 1.807) is 12.1 Å². The van der Waals surface area contributed by atoms with Gasteiger partial charge >= 0.3 is 5.97 Å². The molecule has 1 atom stereocenters. The molecule has 0 spiro atoms. The Morgan fingerprint density at radius 1 is 0.889 bits per heavy atom. The van der Waals surface area contributed by atoms with Crippen LogP contribution in [0.2, 0.25) is 0 Å². The molecule has 0 radical (unpaired) electrons. The van der Waals surface area contributed by atoms with E-state index >= 15 is 0 Å². The number of carbonyl (C=O) groups is 1. The summed E-state index contributed by atoms with van der Waals surface area (Å²) >= 11 is 0. The average molecular weight is 630 g/mol. The first kappa shape index (κ1) is 34.0. The van der Waals surface area contributed by atoms with Crippen molar-refractivity contribution in [3.63, 3.8) is 0 Å². The molecule has 0 fully saturated rings. The Bertz CT molecular complexity index is 1710. The molecular formula is C37H47N3O4S. The maximum Gasteiger partial charge on any atom is 0.311 e. The number of carbonyl (C=O) groups excluding carboxylic acids is 1. The minimum absolute atomic E-state index is 0.199. The van der Waals surface area contributed by atoms with Crippen LogP contribution in [0, 0.1) is 12.3 Å². The Morgan fingerprint density at radius 3 is 2.09 bits per heavy atom. The van der Waals surface area contributed by atoms with Crippen LogP contribution in [0.4, 0.5) is 11.4 Å². The summed E-state index contributed by atoms with van der Waals surface area (Å²) in [5, 5.41) is 4.83. The lowest BCUT2D eigenvalue weighted by Gasteiger charge is -2.25. The Labute approximate surface area is 269 Å². The zero-order valence-electron chi connectivity index (χ0n) is 27.6. The summed E-state index contributed by atoms with van der Waals surface area (Å²) in [6.07, 6.45) is 0.689. The fourth-order valence-electron chi connectivity index (χ4n) is 5.57. The summed E-state index contributed by atoms with van der Waals surface area (Å²) in [6.45, 7) is 14.5. The number of esters is 1. The molecule has 0 aliphatic heterocycles. The van der Waals surface area contributed by atoms with Crippen LogP contribution in [0.3, 0.4) is 0 Å². The molecule has 0 bridgehead atoms. The van der Waals surface area contributed by atoms with Gasteiger partial charge in [-0.2, -0.15) is 0 Å². The quantitative estimate of drug-likeness (QED) is 0.0855. The molecule has 4 aromatic rings. The highest BCUT2D eigenvalue weighted by Gasteiger charge is 2.28. The molecular weight excluding hydrogens is 582 g/mol. The molecule has 1 unspecified atom stereocenters. The number of fused-ring (bicyclic) bond motifs is 1. The number of rotatable bonds is 14. The zero-order valence-corrected chi connectivity index (χ0v) is 28.4. The summed E-state index contributed by atoms with van der Waals surface area (Å²) in [7, 11) is -2.37. The first-order valence-electron chi connectivity index (χ1n) is 15.8. The zero-order chi connectivity index (χ0) is 32.8. The van der Waals surface area contributed by atoms with Crippen molar-refractivity contribution in [1.29, 1.82) is 0 Å². The Hall–Kier alpha value is -3.88. The lowest BCUT2D eigenvalue weighted by molar-refractivity contribution is -0.153. The monoisotopic (exact) mass is 629 g/mol. The van der Waals surface area contributed by atoms with E-state index in [9.17, 15) is 13.2 Å². The highest BCUT2D eigenvalue weighted by molar-refractivity contribution is 7.89. The van der Waals surface area contributed by atoms with E-state index in [0.29, 0.717) is 18.4 Å². The maximum atomic E-state index is 13.5. The molecule has 4 aromatic carbocycles. The molecule has 0 aliphatic carbocycles. The van der Waals surface area contributed by atoms with Gasteiger partial charge in [0.1, 0.15) is 6.61 Å². The largest absolute Gasteiger partial charge is 0.463 e. The van der Waals surface area contributed by atoms with E-state index in [1.165, 1.54) is 7.05 Å². The van der Waals surface area contributed by atoms with E-state index in [1.807, 2.05) is 39.0 Å². The minimum atomic E-state index is -3.80. The molecule has 0 saturated carbocycles. The summed E-state index contributed by atoms with van der Waals surface area (Å²) in [5.74, 6) is -0.458. The van der Waals surface area contributed by atoms with Gasteiger partial charge in [0.2, 0.25) is 10.0 Å². The number of anilines is 2. The topological polar surface area (TPSA) is 87.7 Å². The number of benzene rings is 4. The van der Waals surface area contributed by atoms with Gasteiger partial charge in [-0.3, -0.25) is 4.79 Å². The van der Waals surface area contributed by atoms with E-state index in [-0.39, 0.29) is 23.4 Å². The van der Waals surface area contributed by atoms with Crippen molar-refractivity contribution in [3.8, 4) is 0 Å². The number of nitrogens with zero attached hydrogens (tertiary/aromatic N) is 1. The van der Waals surface area contributed by atoms with E-state index in [2.05, 4.69) is 84.2 Å². The molecule has 8 heteroatoms. The summed E-state index contributed by atoms with van der Waals surface area (Å²) < 4.78 is 35.0. The van der Waals surface area contributed by atoms with Gasteiger partial charge in [0.25, 0.3) is 0 Å². The first-order chi connectivity index (χ1) is 21.5. The maximum absolute atomic E-state index is 13.5. The van der Waals surface area contributed by atoms with Crippen LogP contribution < -0.4 is 14.9 Å². The Morgan fingerprint density at radius 2 is 1.51 bits per heavy atom. The molecule has 240 valence electrons. The molecule has 7 nitrogen and oxygen atoms in total. The van der Waals surface area contributed by atoms with Gasteiger partial charge in [0.05, 0.1) is 10.3 Å². The van der Waals surface area contributed by atoms with Crippen LogP contribution in [-0.2, 0) is 19.6 Å². The smallest absolute Gasteiger partial charge is 0.311 e. The lowest BCUT2D eigenvalue weighted by Crippen LogP contribution is -2.27. The number of nitrogens with one attached hydrogen (secondary N) is 2. The van der Waals surface area contributed by atoms with Crippen LogP contribution in [0.15, 0.2) is 83.8 Å². The van der Waals surface area contributed by atoms with Crippen LogP contribution in [0.25, 0.3) is 10.8 Å². The normalized spacial score (nSPS) is 12.6. The summed E-state index contributed by atoms with van der Waals surface area (Å²) in [5.41, 5.74) is 5.56. The number of aryl methyl sites for hydroxylation is 1. The Kier molecular flexibility index (Phi) is 10.9. The van der Waals surface area contributed by atoms with Gasteiger partial charge in [-0.15, -0.1) is 0 Å². The highest BCUT2D eigenvalue weighted by atomic mass is 32.2. The van der Waals surface area contributed by atoms with Crippen LogP contribution in [0.1, 0.15) is 69.2 Å². The summed E-state index contributed by atoms with van der Waals surface area (Å²) in [4.78, 5) is 15.0. The van der Waals surface area contributed by atoms with Gasteiger partial charge < -0.3 is 15.0 Å². The molecule has 0 aliphatic rings. The molecule has 0 heterocycles. The molecule has 0 saturated heterocycles. The number of hydrogen-bond donors (Lipinski definition) is 2. The fourth-order valence-corrected chi connectivity index (χ4v) is 6.55. The number of hydrogen-bond acceptors (Lipinski definition) is 6. The van der Waals surface area contributed by atoms with Crippen molar-refractivity contribution >= 4 is 38.1 Å². The van der Waals surface area contributed by atoms with Gasteiger partial charge in [0, 0.05) is 47.7 Å².